The van der Waals surface area contributed by atoms with E-state index >= 15 is 0 Å². The molecule has 0 aliphatic rings. The zero-order valence-electron chi connectivity index (χ0n) is 9.69. The third kappa shape index (κ3) is 1.33. The lowest BCUT2D eigenvalue weighted by Gasteiger charge is -1.94. The summed E-state index contributed by atoms with van der Waals surface area (Å²) in [6.07, 6.45) is 6.37. The summed E-state index contributed by atoms with van der Waals surface area (Å²) in [7, 11) is 0. The average Bonchev–Trinajstić information content (AvgIpc) is 2.72. The van der Waals surface area contributed by atoms with E-state index in [9.17, 15) is 4.79 Å². The Labute approximate surface area is 106 Å². The number of nitrogens with zero attached hydrogens (tertiary/aromatic N) is 5. The summed E-state index contributed by atoms with van der Waals surface area (Å²) in [6, 6.07) is 5.41. The first kappa shape index (κ1) is 10.1. The van der Waals surface area contributed by atoms with E-state index in [4.69, 9.17) is 0 Å². The number of hydrogen-bond acceptors (Lipinski definition) is 5. The van der Waals surface area contributed by atoms with Gasteiger partial charge in [0.25, 0.3) is 5.56 Å². The lowest BCUT2D eigenvalue weighted by molar-refractivity contribution is 0.984. The third-order valence-corrected chi connectivity index (χ3v) is 3.05. The minimum absolute atomic E-state index is 0.305. The number of aromatic nitrogens is 5. The second-order valence-electron chi connectivity index (χ2n) is 4.14. The Morgan fingerprint density at radius 2 is 2.05 bits per heavy atom. The Morgan fingerprint density at radius 3 is 3.00 bits per heavy atom. The molecule has 0 spiro atoms. The van der Waals surface area contributed by atoms with Crippen molar-refractivity contribution in [2.75, 3.05) is 0 Å². The third-order valence-electron chi connectivity index (χ3n) is 3.05. The van der Waals surface area contributed by atoms with E-state index in [1.165, 1.54) is 12.5 Å². The van der Waals surface area contributed by atoms with Crippen LogP contribution in [0.25, 0.3) is 27.3 Å². The summed E-state index contributed by atoms with van der Waals surface area (Å²) in [5.74, 6) is 0. The maximum atomic E-state index is 12.0. The maximum absolute atomic E-state index is 12.0. The molecule has 0 saturated carbocycles. The first-order chi connectivity index (χ1) is 9.34. The Kier molecular flexibility index (Phi) is 1.88. The Bertz CT molecular complexity index is 992. The van der Waals surface area contributed by atoms with Crippen molar-refractivity contribution in [2.24, 2.45) is 0 Å². The largest absolute Gasteiger partial charge is 0.296 e. The predicted octanol–water partition coefficient (Wildman–Crippen LogP) is 1.19. The molecule has 0 fully saturated rings. The van der Waals surface area contributed by atoms with Gasteiger partial charge in [0.15, 0.2) is 0 Å². The summed E-state index contributed by atoms with van der Waals surface area (Å²) in [4.78, 5) is 24.0. The van der Waals surface area contributed by atoms with Gasteiger partial charge in [-0.05, 0) is 12.1 Å². The Balaban J connectivity index is 2.37. The molecular weight excluding hydrogens is 242 g/mol. The van der Waals surface area contributed by atoms with E-state index in [2.05, 4.69) is 20.1 Å². The molecule has 6 heteroatoms. The minimum Gasteiger partial charge on any atom is -0.265 e. The highest BCUT2D eigenvalue weighted by Gasteiger charge is 2.11. The second-order valence-corrected chi connectivity index (χ2v) is 4.14. The van der Waals surface area contributed by atoms with Crippen molar-refractivity contribution >= 4 is 27.3 Å². The first-order valence-corrected chi connectivity index (χ1v) is 5.71. The van der Waals surface area contributed by atoms with E-state index in [-0.39, 0.29) is 5.56 Å². The quantitative estimate of drug-likeness (QED) is 0.468. The molecule has 1 aromatic carbocycles. The molecule has 3 aromatic heterocycles. The molecule has 4 aromatic rings. The smallest absolute Gasteiger partial charge is 0.265 e. The molecule has 0 atom stereocenters. The molecule has 0 radical (unpaired) electrons. The summed E-state index contributed by atoms with van der Waals surface area (Å²) in [5, 5.41) is 6.07. The standard InChI is InChI=1S/C13H7N5O/c19-13-12-9-3-2-8-6-14-7-16-10(8)11(9)17-18(12)5-1-4-15-13/h1-7H. The van der Waals surface area contributed by atoms with Gasteiger partial charge in [0.1, 0.15) is 22.9 Å². The van der Waals surface area contributed by atoms with Gasteiger partial charge in [0.05, 0.1) is 0 Å². The van der Waals surface area contributed by atoms with Crippen LogP contribution in [0, 0.1) is 0 Å². The van der Waals surface area contributed by atoms with Gasteiger partial charge in [-0.1, -0.05) is 6.07 Å². The van der Waals surface area contributed by atoms with Crippen LogP contribution in [0.2, 0.25) is 0 Å². The average molecular weight is 249 g/mol. The first-order valence-electron chi connectivity index (χ1n) is 5.71. The van der Waals surface area contributed by atoms with E-state index < -0.39 is 0 Å². The molecule has 0 aliphatic heterocycles. The molecule has 3 heterocycles. The van der Waals surface area contributed by atoms with Gasteiger partial charge in [0, 0.05) is 29.4 Å². The van der Waals surface area contributed by atoms with Crippen LogP contribution in [0.15, 0.2) is 47.9 Å². The second kappa shape index (κ2) is 3.55. The van der Waals surface area contributed by atoms with Crippen LogP contribution in [0.1, 0.15) is 0 Å². The van der Waals surface area contributed by atoms with Crippen LogP contribution in [-0.4, -0.2) is 24.6 Å². The van der Waals surface area contributed by atoms with Crippen molar-refractivity contribution in [3.05, 3.63) is 53.5 Å². The molecule has 4 rings (SSSR count). The fourth-order valence-corrected chi connectivity index (χ4v) is 2.23. The zero-order valence-corrected chi connectivity index (χ0v) is 9.69. The molecule has 6 nitrogen and oxygen atoms in total. The molecule has 0 N–H and O–H groups in total. The van der Waals surface area contributed by atoms with Crippen LogP contribution in [0.4, 0.5) is 0 Å². The summed E-state index contributed by atoms with van der Waals surface area (Å²) >= 11 is 0. The van der Waals surface area contributed by atoms with E-state index in [0.717, 1.165) is 16.3 Å². The normalized spacial score (nSPS) is 11.4. The highest BCUT2D eigenvalue weighted by Crippen LogP contribution is 2.23. The fourth-order valence-electron chi connectivity index (χ4n) is 2.23. The SMILES string of the molecule is O=c1ncccn2nc3c(ccc4cncnc43)c12. The van der Waals surface area contributed by atoms with Crippen molar-refractivity contribution < 1.29 is 0 Å². The van der Waals surface area contributed by atoms with E-state index in [0.29, 0.717) is 11.0 Å². The molecular formula is C13H7N5O. The van der Waals surface area contributed by atoms with Crippen molar-refractivity contribution in [2.45, 2.75) is 0 Å². The van der Waals surface area contributed by atoms with E-state index in [1.807, 2.05) is 12.1 Å². The van der Waals surface area contributed by atoms with Gasteiger partial charge in [-0.15, -0.1) is 0 Å². The number of rotatable bonds is 0. The summed E-state index contributed by atoms with van der Waals surface area (Å²) in [5.41, 5.74) is 1.57. The molecule has 0 saturated heterocycles. The van der Waals surface area contributed by atoms with Crippen LogP contribution in [-0.2, 0) is 0 Å². The summed E-state index contributed by atoms with van der Waals surface area (Å²) in [6.45, 7) is 0. The van der Waals surface area contributed by atoms with Crippen LogP contribution < -0.4 is 5.56 Å². The fraction of sp³-hybridized carbons (Fsp3) is 0. The van der Waals surface area contributed by atoms with Crippen LogP contribution in [0.3, 0.4) is 0 Å². The van der Waals surface area contributed by atoms with Gasteiger partial charge in [0.2, 0.25) is 0 Å². The molecule has 19 heavy (non-hydrogen) atoms. The number of hydrogen-bond donors (Lipinski definition) is 0. The lowest BCUT2D eigenvalue weighted by atomic mass is 10.1. The summed E-state index contributed by atoms with van der Waals surface area (Å²) < 4.78 is 1.54. The Morgan fingerprint density at radius 1 is 1.11 bits per heavy atom. The van der Waals surface area contributed by atoms with Crippen LogP contribution >= 0.6 is 0 Å². The number of fused-ring (bicyclic) bond motifs is 5. The highest BCUT2D eigenvalue weighted by atomic mass is 16.1. The van der Waals surface area contributed by atoms with Crippen LogP contribution in [0.5, 0.6) is 0 Å². The number of benzene rings is 1. The topological polar surface area (TPSA) is 73.0 Å². The van der Waals surface area contributed by atoms with Crippen molar-refractivity contribution in [3.63, 3.8) is 0 Å². The van der Waals surface area contributed by atoms with Crippen molar-refractivity contribution in [1.29, 1.82) is 0 Å². The monoisotopic (exact) mass is 249 g/mol. The van der Waals surface area contributed by atoms with Gasteiger partial charge in [-0.25, -0.2) is 19.5 Å². The van der Waals surface area contributed by atoms with Crippen molar-refractivity contribution in [3.8, 4) is 0 Å². The molecule has 0 amide bonds. The Hall–Kier alpha value is -2.89. The molecule has 90 valence electrons. The van der Waals surface area contributed by atoms with Gasteiger partial charge in [-0.2, -0.15) is 5.10 Å². The predicted molar refractivity (Wildman–Crippen MR) is 69.9 cm³/mol. The molecule has 0 bridgehead atoms. The highest BCUT2D eigenvalue weighted by molar-refractivity contribution is 6.08. The molecule has 0 aliphatic carbocycles. The van der Waals surface area contributed by atoms with Gasteiger partial charge >= 0.3 is 0 Å². The zero-order chi connectivity index (χ0) is 12.8. The van der Waals surface area contributed by atoms with Gasteiger partial charge < -0.3 is 0 Å². The maximum Gasteiger partial charge on any atom is 0.296 e. The molecule has 0 unspecified atom stereocenters. The van der Waals surface area contributed by atoms with Gasteiger partial charge in [-0.3, -0.25) is 4.79 Å². The lowest BCUT2D eigenvalue weighted by Crippen LogP contribution is -2.03. The van der Waals surface area contributed by atoms with E-state index in [1.54, 1.807) is 23.0 Å². The minimum atomic E-state index is -0.305. The van der Waals surface area contributed by atoms with Crippen molar-refractivity contribution in [1.82, 2.24) is 24.6 Å².